The second-order valence-corrected chi connectivity index (χ2v) is 4.31. The average Bonchev–Trinajstić information content (AvgIpc) is 2.89. The van der Waals surface area contributed by atoms with Crippen LogP contribution >= 0.6 is 0 Å². The molecule has 3 N–H and O–H groups in total. The van der Waals surface area contributed by atoms with Gasteiger partial charge in [-0.15, -0.1) is 0 Å². The van der Waals surface area contributed by atoms with Crippen LogP contribution in [0.2, 0.25) is 0 Å². The molecule has 1 amide bonds. The molecular formula is C13H8F2N4O2. The molecule has 0 unspecified atom stereocenters. The van der Waals surface area contributed by atoms with Crippen molar-refractivity contribution in [3.05, 3.63) is 58.0 Å². The van der Waals surface area contributed by atoms with Gasteiger partial charge in [0.15, 0.2) is 22.7 Å². The first-order chi connectivity index (χ1) is 9.99. The summed E-state index contributed by atoms with van der Waals surface area (Å²) in [7, 11) is 0. The summed E-state index contributed by atoms with van der Waals surface area (Å²) in [5, 5.41) is 2.69. The second kappa shape index (κ2) is 4.51. The fraction of sp³-hybridized carbons (Fsp3) is 0. The number of nitrogens with zero attached hydrogens (tertiary/aromatic N) is 2. The minimum absolute atomic E-state index is 0.0229. The number of benzene rings is 1. The molecule has 2 heterocycles. The zero-order chi connectivity index (χ0) is 15.1. The standard InChI is InChI=1S/C13H8F2N4O2/c14-7-2-1-6(3-8(7)15)9-4-10(20)11(12(16)21)13-17-5-18-19(9)13/h1-5H,(H2,16,21)(H,17,18). The Labute approximate surface area is 115 Å². The van der Waals surface area contributed by atoms with Crippen molar-refractivity contribution in [1.29, 1.82) is 0 Å². The summed E-state index contributed by atoms with van der Waals surface area (Å²) in [5.41, 5.74) is 4.74. The summed E-state index contributed by atoms with van der Waals surface area (Å²) in [6.07, 6.45) is 1.25. The third-order valence-electron chi connectivity index (χ3n) is 3.03. The quantitative estimate of drug-likeness (QED) is 0.739. The molecule has 0 saturated carbocycles. The number of hydrogen-bond donors (Lipinski definition) is 2. The van der Waals surface area contributed by atoms with E-state index in [1.165, 1.54) is 16.9 Å². The van der Waals surface area contributed by atoms with Crippen LogP contribution in [0.25, 0.3) is 16.9 Å². The highest BCUT2D eigenvalue weighted by Crippen LogP contribution is 2.21. The summed E-state index contributed by atoms with van der Waals surface area (Å²) in [6.45, 7) is 0. The Morgan fingerprint density at radius 3 is 2.67 bits per heavy atom. The Morgan fingerprint density at radius 1 is 1.24 bits per heavy atom. The van der Waals surface area contributed by atoms with Gasteiger partial charge in [0.1, 0.15) is 11.9 Å². The number of pyridine rings is 1. The third-order valence-corrected chi connectivity index (χ3v) is 3.03. The van der Waals surface area contributed by atoms with Crippen LogP contribution in [0.15, 0.2) is 35.4 Å². The average molecular weight is 290 g/mol. The van der Waals surface area contributed by atoms with Crippen LogP contribution in [0.3, 0.4) is 0 Å². The van der Waals surface area contributed by atoms with Gasteiger partial charge in [0.05, 0.1) is 5.69 Å². The lowest BCUT2D eigenvalue weighted by molar-refractivity contribution is 0.100. The molecule has 8 heteroatoms. The predicted molar refractivity (Wildman–Crippen MR) is 69.7 cm³/mol. The van der Waals surface area contributed by atoms with Crippen molar-refractivity contribution in [3.8, 4) is 11.3 Å². The molecule has 2 aromatic heterocycles. The number of fused-ring (bicyclic) bond motifs is 1. The number of H-pyrrole nitrogens is 1. The molecule has 0 aliphatic rings. The molecule has 0 fully saturated rings. The molecule has 0 aliphatic carbocycles. The molecule has 3 rings (SSSR count). The van der Waals surface area contributed by atoms with E-state index in [0.717, 1.165) is 18.2 Å². The van der Waals surface area contributed by atoms with E-state index >= 15 is 0 Å². The van der Waals surface area contributed by atoms with Gasteiger partial charge >= 0.3 is 0 Å². The number of aromatic nitrogens is 3. The van der Waals surface area contributed by atoms with Crippen LogP contribution in [-0.2, 0) is 0 Å². The number of aromatic amines is 1. The van der Waals surface area contributed by atoms with E-state index in [4.69, 9.17) is 5.73 Å². The number of amides is 1. The number of rotatable bonds is 2. The largest absolute Gasteiger partial charge is 0.365 e. The Bertz CT molecular complexity index is 930. The maximum atomic E-state index is 13.3. The second-order valence-electron chi connectivity index (χ2n) is 4.31. The van der Waals surface area contributed by atoms with Crippen molar-refractivity contribution in [2.75, 3.05) is 0 Å². The molecule has 1 aromatic carbocycles. The van der Waals surface area contributed by atoms with Crippen LogP contribution in [-0.4, -0.2) is 20.5 Å². The van der Waals surface area contributed by atoms with Crippen LogP contribution in [0, 0.1) is 11.6 Å². The van der Waals surface area contributed by atoms with Gasteiger partial charge < -0.3 is 5.73 Å². The van der Waals surface area contributed by atoms with Gasteiger partial charge in [-0.25, -0.2) is 18.3 Å². The molecule has 0 spiro atoms. The Balaban J connectivity index is 2.36. The van der Waals surface area contributed by atoms with Crippen molar-refractivity contribution in [2.45, 2.75) is 0 Å². The van der Waals surface area contributed by atoms with Gasteiger partial charge in [0, 0.05) is 11.6 Å². The molecule has 6 nitrogen and oxygen atoms in total. The number of hydrogen-bond acceptors (Lipinski definition) is 3. The van der Waals surface area contributed by atoms with Crippen molar-refractivity contribution in [3.63, 3.8) is 0 Å². The van der Waals surface area contributed by atoms with Crippen LogP contribution < -0.4 is 11.2 Å². The van der Waals surface area contributed by atoms with Gasteiger partial charge in [-0.1, -0.05) is 0 Å². The number of carbonyl (C=O) groups excluding carboxylic acids is 1. The van der Waals surface area contributed by atoms with Gasteiger partial charge in [-0.2, -0.15) is 0 Å². The molecule has 0 atom stereocenters. The molecular weight excluding hydrogens is 282 g/mol. The topological polar surface area (TPSA) is 93.3 Å². The van der Waals surface area contributed by atoms with E-state index < -0.39 is 23.0 Å². The Hall–Kier alpha value is -3.03. The predicted octanol–water partition coefficient (Wildman–Crippen LogP) is 1.07. The van der Waals surface area contributed by atoms with Crippen molar-refractivity contribution in [2.24, 2.45) is 5.73 Å². The molecule has 0 aliphatic heterocycles. The fourth-order valence-corrected chi connectivity index (χ4v) is 2.10. The van der Waals surface area contributed by atoms with Crippen LogP contribution in [0.1, 0.15) is 10.4 Å². The smallest absolute Gasteiger partial charge is 0.256 e. The van der Waals surface area contributed by atoms with E-state index in [2.05, 4.69) is 10.1 Å². The van der Waals surface area contributed by atoms with Gasteiger partial charge in [-0.3, -0.25) is 14.7 Å². The normalized spacial score (nSPS) is 11.0. The lowest BCUT2D eigenvalue weighted by Crippen LogP contribution is -2.23. The molecule has 106 valence electrons. The maximum Gasteiger partial charge on any atom is 0.256 e. The summed E-state index contributed by atoms with van der Waals surface area (Å²) in [5.74, 6) is -2.96. The molecule has 0 saturated heterocycles. The monoisotopic (exact) mass is 290 g/mol. The van der Waals surface area contributed by atoms with E-state index in [0.29, 0.717) is 0 Å². The molecule has 3 aromatic rings. The first-order valence-corrected chi connectivity index (χ1v) is 5.83. The number of carbonyl (C=O) groups is 1. The summed E-state index contributed by atoms with van der Waals surface area (Å²) in [4.78, 5) is 27.2. The summed E-state index contributed by atoms with van der Waals surface area (Å²) in [6, 6.07) is 4.31. The SMILES string of the molecule is NC(=O)c1c(=O)cc(-c2ccc(F)c(F)c2)n2[nH]cnc12. The first kappa shape index (κ1) is 13.0. The molecule has 21 heavy (non-hydrogen) atoms. The van der Waals surface area contributed by atoms with E-state index in [9.17, 15) is 18.4 Å². The van der Waals surface area contributed by atoms with Crippen molar-refractivity contribution >= 4 is 11.6 Å². The van der Waals surface area contributed by atoms with Gasteiger partial charge in [0.25, 0.3) is 5.91 Å². The van der Waals surface area contributed by atoms with E-state index in [-0.39, 0.29) is 22.5 Å². The Kier molecular flexibility index (Phi) is 2.79. The van der Waals surface area contributed by atoms with E-state index in [1.54, 1.807) is 0 Å². The lowest BCUT2D eigenvalue weighted by atomic mass is 10.1. The molecule has 0 radical (unpaired) electrons. The number of halogens is 2. The summed E-state index contributed by atoms with van der Waals surface area (Å²) < 4.78 is 27.6. The minimum Gasteiger partial charge on any atom is -0.365 e. The Morgan fingerprint density at radius 2 is 2.00 bits per heavy atom. The van der Waals surface area contributed by atoms with Crippen molar-refractivity contribution in [1.82, 2.24) is 14.6 Å². The molecule has 0 bridgehead atoms. The first-order valence-electron chi connectivity index (χ1n) is 5.83. The maximum absolute atomic E-state index is 13.3. The van der Waals surface area contributed by atoms with Gasteiger partial charge in [-0.05, 0) is 18.2 Å². The summed E-state index contributed by atoms with van der Waals surface area (Å²) >= 11 is 0. The van der Waals surface area contributed by atoms with E-state index in [1.807, 2.05) is 0 Å². The number of primary amides is 1. The highest BCUT2D eigenvalue weighted by atomic mass is 19.2. The zero-order valence-electron chi connectivity index (χ0n) is 10.4. The third kappa shape index (κ3) is 1.97. The number of nitrogens with two attached hydrogens (primary N) is 1. The minimum atomic E-state index is -1.05. The highest BCUT2D eigenvalue weighted by Gasteiger charge is 2.18. The fourth-order valence-electron chi connectivity index (χ4n) is 2.10. The number of nitrogens with one attached hydrogen (secondary N) is 1. The lowest BCUT2D eigenvalue weighted by Gasteiger charge is -2.07. The zero-order valence-corrected chi connectivity index (χ0v) is 10.4. The van der Waals surface area contributed by atoms with Crippen LogP contribution in [0.5, 0.6) is 0 Å². The van der Waals surface area contributed by atoms with Gasteiger partial charge in [0.2, 0.25) is 0 Å². The highest BCUT2D eigenvalue weighted by molar-refractivity contribution is 5.99. The van der Waals surface area contributed by atoms with Crippen molar-refractivity contribution < 1.29 is 13.6 Å². The van der Waals surface area contributed by atoms with Crippen LogP contribution in [0.4, 0.5) is 8.78 Å².